The van der Waals surface area contributed by atoms with Crippen LogP contribution in [0.15, 0.2) is 53.9 Å². The van der Waals surface area contributed by atoms with E-state index in [1.165, 1.54) is 11.3 Å². The number of nitrogens with zero attached hydrogens (tertiary/aromatic N) is 1. The van der Waals surface area contributed by atoms with E-state index in [9.17, 15) is 9.59 Å². The smallest absolute Gasteiger partial charge is 0.251 e. The highest BCUT2D eigenvalue weighted by atomic mass is 32.1. The summed E-state index contributed by atoms with van der Waals surface area (Å²) >= 11 is 1.50. The van der Waals surface area contributed by atoms with Gasteiger partial charge in [0.25, 0.3) is 5.91 Å². The van der Waals surface area contributed by atoms with Gasteiger partial charge in [0.1, 0.15) is 10.8 Å². The maximum atomic E-state index is 12.3. The Bertz CT molecular complexity index is 950. The van der Waals surface area contributed by atoms with Crippen LogP contribution in [-0.4, -0.2) is 30.5 Å². The molecule has 0 aliphatic carbocycles. The van der Waals surface area contributed by atoms with Crippen molar-refractivity contribution in [1.82, 2.24) is 10.3 Å². The molecule has 0 atom stereocenters. The molecule has 144 valence electrons. The fraction of sp³-hybridized carbons (Fsp3) is 0.190. The summed E-state index contributed by atoms with van der Waals surface area (Å²) in [4.78, 5) is 28.4. The van der Waals surface area contributed by atoms with Crippen LogP contribution >= 0.6 is 11.3 Å². The van der Waals surface area contributed by atoms with Gasteiger partial charge in [0, 0.05) is 29.2 Å². The summed E-state index contributed by atoms with van der Waals surface area (Å²) in [5, 5.41) is 8.13. The Kier molecular flexibility index (Phi) is 6.39. The van der Waals surface area contributed by atoms with E-state index in [2.05, 4.69) is 15.6 Å². The molecule has 2 N–H and O–H groups in total. The van der Waals surface area contributed by atoms with E-state index < -0.39 is 0 Å². The maximum Gasteiger partial charge on any atom is 0.251 e. The number of amides is 2. The first-order valence-electron chi connectivity index (χ1n) is 8.88. The van der Waals surface area contributed by atoms with E-state index in [1.54, 1.807) is 31.3 Å². The molecular weight excluding hydrogens is 374 g/mol. The van der Waals surface area contributed by atoms with Gasteiger partial charge in [-0.2, -0.15) is 0 Å². The molecule has 2 aromatic carbocycles. The van der Waals surface area contributed by atoms with E-state index in [1.807, 2.05) is 36.6 Å². The van der Waals surface area contributed by atoms with Crippen LogP contribution in [0.1, 0.15) is 23.0 Å². The second kappa shape index (κ2) is 9.14. The largest absolute Gasteiger partial charge is 0.494 e. The van der Waals surface area contributed by atoms with Crippen LogP contribution in [0, 0.1) is 0 Å². The summed E-state index contributed by atoms with van der Waals surface area (Å²) in [6.07, 6.45) is 0.185. The molecule has 0 unspecified atom stereocenters. The number of hydrogen-bond donors (Lipinski definition) is 2. The lowest BCUT2D eigenvalue weighted by Gasteiger charge is -2.05. The van der Waals surface area contributed by atoms with Crippen molar-refractivity contribution in [3.8, 4) is 16.3 Å². The zero-order valence-electron chi connectivity index (χ0n) is 15.7. The minimum absolute atomic E-state index is 0.156. The second-order valence-corrected chi connectivity index (χ2v) is 6.84. The van der Waals surface area contributed by atoms with Crippen LogP contribution in [0.2, 0.25) is 0 Å². The summed E-state index contributed by atoms with van der Waals surface area (Å²) in [5.41, 5.74) is 2.89. The first kappa shape index (κ1) is 19.6. The van der Waals surface area contributed by atoms with Crippen molar-refractivity contribution >= 4 is 28.8 Å². The molecule has 0 spiro atoms. The van der Waals surface area contributed by atoms with Crippen molar-refractivity contribution < 1.29 is 14.3 Å². The van der Waals surface area contributed by atoms with E-state index >= 15 is 0 Å². The number of rotatable bonds is 7. The van der Waals surface area contributed by atoms with Crippen molar-refractivity contribution in [3.63, 3.8) is 0 Å². The molecule has 0 bridgehead atoms. The summed E-state index contributed by atoms with van der Waals surface area (Å²) in [6.45, 7) is 2.58. The van der Waals surface area contributed by atoms with Gasteiger partial charge in [-0.05, 0) is 55.5 Å². The average Bonchev–Trinajstić information content (AvgIpc) is 3.17. The molecule has 3 rings (SSSR count). The molecule has 1 heterocycles. The van der Waals surface area contributed by atoms with Gasteiger partial charge in [0.2, 0.25) is 5.91 Å². The fourth-order valence-corrected chi connectivity index (χ4v) is 3.43. The lowest BCUT2D eigenvalue weighted by atomic mass is 10.2. The third kappa shape index (κ3) is 4.95. The monoisotopic (exact) mass is 395 g/mol. The van der Waals surface area contributed by atoms with Crippen molar-refractivity contribution in [3.05, 3.63) is 65.2 Å². The van der Waals surface area contributed by atoms with Crippen molar-refractivity contribution in [2.45, 2.75) is 13.3 Å². The molecule has 0 radical (unpaired) electrons. The van der Waals surface area contributed by atoms with Gasteiger partial charge in [0.15, 0.2) is 0 Å². The number of carbonyl (C=O) groups excluding carboxylic acids is 2. The third-order valence-electron chi connectivity index (χ3n) is 3.96. The average molecular weight is 395 g/mol. The molecule has 0 fully saturated rings. The van der Waals surface area contributed by atoms with E-state index in [4.69, 9.17) is 4.74 Å². The molecule has 0 aliphatic heterocycles. The van der Waals surface area contributed by atoms with E-state index in [-0.39, 0.29) is 18.2 Å². The Morgan fingerprint density at radius 1 is 1.07 bits per heavy atom. The summed E-state index contributed by atoms with van der Waals surface area (Å²) in [7, 11) is 1.58. The normalized spacial score (nSPS) is 10.4. The van der Waals surface area contributed by atoms with Gasteiger partial charge >= 0.3 is 0 Å². The standard InChI is InChI=1S/C21H21N3O3S/c1-3-27-18-10-6-15(7-11-18)21-24-17(13-28-21)12-19(25)23-16-8-4-14(5-9-16)20(26)22-2/h4-11,13H,3,12H2,1-2H3,(H,22,26)(H,23,25). The highest BCUT2D eigenvalue weighted by Crippen LogP contribution is 2.26. The van der Waals surface area contributed by atoms with Gasteiger partial charge < -0.3 is 15.4 Å². The highest BCUT2D eigenvalue weighted by Gasteiger charge is 2.10. The number of thiazole rings is 1. The lowest BCUT2D eigenvalue weighted by Crippen LogP contribution is -2.18. The molecule has 0 saturated heterocycles. The van der Waals surface area contributed by atoms with Crippen molar-refractivity contribution in [2.75, 3.05) is 19.0 Å². The van der Waals surface area contributed by atoms with Gasteiger partial charge in [0.05, 0.1) is 18.7 Å². The molecule has 0 saturated carbocycles. The first-order valence-corrected chi connectivity index (χ1v) is 9.76. The zero-order chi connectivity index (χ0) is 19.9. The third-order valence-corrected chi connectivity index (χ3v) is 4.90. The van der Waals surface area contributed by atoms with Gasteiger partial charge in [-0.15, -0.1) is 11.3 Å². The van der Waals surface area contributed by atoms with Crippen LogP contribution < -0.4 is 15.4 Å². The van der Waals surface area contributed by atoms with Gasteiger partial charge in [-0.3, -0.25) is 9.59 Å². The predicted molar refractivity (Wildman–Crippen MR) is 111 cm³/mol. The quantitative estimate of drug-likeness (QED) is 0.638. The first-order chi connectivity index (χ1) is 13.6. The summed E-state index contributed by atoms with van der Waals surface area (Å²) < 4.78 is 5.45. The Hall–Kier alpha value is -3.19. The Morgan fingerprint density at radius 2 is 1.79 bits per heavy atom. The van der Waals surface area contributed by atoms with Crippen LogP contribution in [0.4, 0.5) is 5.69 Å². The second-order valence-electron chi connectivity index (χ2n) is 5.98. The minimum Gasteiger partial charge on any atom is -0.494 e. The fourth-order valence-electron chi connectivity index (χ4n) is 2.60. The molecule has 3 aromatic rings. The highest BCUT2D eigenvalue weighted by molar-refractivity contribution is 7.13. The molecular formula is C21H21N3O3S. The molecule has 1 aromatic heterocycles. The number of benzene rings is 2. The van der Waals surface area contributed by atoms with Crippen molar-refractivity contribution in [1.29, 1.82) is 0 Å². The summed E-state index contributed by atoms with van der Waals surface area (Å²) in [5.74, 6) is 0.503. The zero-order valence-corrected chi connectivity index (χ0v) is 16.5. The number of anilines is 1. The maximum absolute atomic E-state index is 12.3. The Labute approximate surface area is 167 Å². The van der Waals surface area contributed by atoms with Crippen LogP contribution in [0.5, 0.6) is 5.75 Å². The summed E-state index contributed by atoms with van der Waals surface area (Å²) in [6, 6.07) is 14.5. The van der Waals surface area contributed by atoms with Crippen molar-refractivity contribution in [2.24, 2.45) is 0 Å². The van der Waals surface area contributed by atoms with Gasteiger partial charge in [-0.25, -0.2) is 4.98 Å². The van der Waals surface area contributed by atoms with Gasteiger partial charge in [-0.1, -0.05) is 0 Å². The number of nitrogens with one attached hydrogen (secondary N) is 2. The SMILES string of the molecule is CCOc1ccc(-c2nc(CC(=O)Nc3ccc(C(=O)NC)cc3)cs2)cc1. The molecule has 6 nitrogen and oxygen atoms in total. The van der Waals surface area contributed by atoms with Crippen LogP contribution in [-0.2, 0) is 11.2 Å². The molecule has 0 aliphatic rings. The Balaban J connectivity index is 1.59. The molecule has 2 amide bonds. The number of aromatic nitrogens is 1. The predicted octanol–water partition coefficient (Wildman–Crippen LogP) is 3.75. The number of hydrogen-bond acceptors (Lipinski definition) is 5. The van der Waals surface area contributed by atoms with Crippen LogP contribution in [0.25, 0.3) is 10.6 Å². The lowest BCUT2D eigenvalue weighted by molar-refractivity contribution is -0.115. The van der Waals surface area contributed by atoms with E-state index in [0.717, 1.165) is 16.3 Å². The van der Waals surface area contributed by atoms with Crippen LogP contribution in [0.3, 0.4) is 0 Å². The number of ether oxygens (including phenoxy) is 1. The Morgan fingerprint density at radius 3 is 2.43 bits per heavy atom. The molecule has 28 heavy (non-hydrogen) atoms. The van der Waals surface area contributed by atoms with E-state index in [0.29, 0.717) is 23.6 Å². The number of carbonyl (C=O) groups is 2. The minimum atomic E-state index is -0.165. The topological polar surface area (TPSA) is 80.3 Å². The molecule has 7 heteroatoms.